The summed E-state index contributed by atoms with van der Waals surface area (Å²) in [5.74, 6) is 1.58. The van der Waals surface area contributed by atoms with Crippen LogP contribution in [0.4, 0.5) is 0 Å². The van der Waals surface area contributed by atoms with Gasteiger partial charge in [-0.15, -0.1) is 0 Å². The van der Waals surface area contributed by atoms with E-state index in [4.69, 9.17) is 4.74 Å². The molecule has 0 amide bonds. The summed E-state index contributed by atoms with van der Waals surface area (Å²) < 4.78 is 6.85. The number of nitrogens with one attached hydrogen (secondary N) is 1. The van der Waals surface area contributed by atoms with Crippen molar-refractivity contribution in [1.82, 2.24) is 5.32 Å². The van der Waals surface area contributed by atoms with Crippen LogP contribution in [0.2, 0.25) is 0 Å². The van der Waals surface area contributed by atoms with Crippen molar-refractivity contribution < 1.29 is 4.74 Å². The predicted molar refractivity (Wildman–Crippen MR) is 89.9 cm³/mol. The lowest BCUT2D eigenvalue weighted by molar-refractivity contribution is 0.263. The summed E-state index contributed by atoms with van der Waals surface area (Å²) in [5, 5.41) is 3.66. The van der Waals surface area contributed by atoms with Gasteiger partial charge in [0.25, 0.3) is 0 Å². The molecule has 0 saturated carbocycles. The number of benzene rings is 2. The van der Waals surface area contributed by atoms with Crippen molar-refractivity contribution >= 4 is 15.9 Å². The molecule has 1 aliphatic rings. The molecule has 2 nitrogen and oxygen atoms in total. The fourth-order valence-electron chi connectivity index (χ4n) is 2.82. The van der Waals surface area contributed by atoms with Crippen LogP contribution in [-0.4, -0.2) is 13.2 Å². The molecule has 0 aromatic heterocycles. The summed E-state index contributed by atoms with van der Waals surface area (Å²) >= 11 is 3.48. The highest BCUT2D eigenvalue weighted by Gasteiger charge is 2.21. The summed E-state index contributed by atoms with van der Waals surface area (Å²) in [5.41, 5.74) is 2.65. The fourth-order valence-corrected chi connectivity index (χ4v) is 3.08. The number of fused-ring (bicyclic) bond motifs is 1. The van der Waals surface area contributed by atoms with E-state index < -0.39 is 0 Å². The van der Waals surface area contributed by atoms with Crippen LogP contribution in [-0.2, 0) is 0 Å². The number of rotatable bonds is 4. The minimum absolute atomic E-state index is 0.355. The topological polar surface area (TPSA) is 21.3 Å². The van der Waals surface area contributed by atoms with Gasteiger partial charge in [-0.25, -0.2) is 0 Å². The number of ether oxygens (including phenoxy) is 1. The van der Waals surface area contributed by atoms with E-state index >= 15 is 0 Å². The smallest absolute Gasteiger partial charge is 0.122 e. The van der Waals surface area contributed by atoms with E-state index in [-0.39, 0.29) is 0 Å². The summed E-state index contributed by atoms with van der Waals surface area (Å²) in [7, 11) is 0. The third-order valence-corrected chi connectivity index (χ3v) is 4.65. The van der Waals surface area contributed by atoms with Gasteiger partial charge in [-0.05, 0) is 42.7 Å². The lowest BCUT2D eigenvalue weighted by atomic mass is 9.92. The second-order valence-corrected chi connectivity index (χ2v) is 6.47. The number of hydrogen-bond acceptors (Lipinski definition) is 2. The average molecular weight is 346 g/mol. The van der Waals surface area contributed by atoms with Crippen LogP contribution in [0.5, 0.6) is 5.75 Å². The van der Waals surface area contributed by atoms with Crippen LogP contribution in [0.3, 0.4) is 0 Å². The van der Waals surface area contributed by atoms with Crippen LogP contribution in [0.1, 0.15) is 36.4 Å². The maximum Gasteiger partial charge on any atom is 0.122 e. The second-order valence-electron chi connectivity index (χ2n) is 5.55. The van der Waals surface area contributed by atoms with E-state index in [0.29, 0.717) is 12.0 Å². The van der Waals surface area contributed by atoms with E-state index in [1.54, 1.807) is 0 Å². The van der Waals surface area contributed by atoms with E-state index in [1.807, 2.05) is 6.07 Å². The Kier molecular flexibility index (Phi) is 4.61. The Hall–Kier alpha value is -1.32. The van der Waals surface area contributed by atoms with Crippen molar-refractivity contribution in [3.63, 3.8) is 0 Å². The molecular formula is C18H20BrNO. The quantitative estimate of drug-likeness (QED) is 0.869. The van der Waals surface area contributed by atoms with Gasteiger partial charge in [0.15, 0.2) is 0 Å². The van der Waals surface area contributed by atoms with Gasteiger partial charge in [0.1, 0.15) is 5.75 Å². The molecule has 0 aliphatic carbocycles. The summed E-state index contributed by atoms with van der Waals surface area (Å²) in [6, 6.07) is 17.3. The molecule has 2 atom stereocenters. The lowest BCUT2D eigenvalue weighted by Gasteiger charge is -2.27. The molecule has 110 valence electrons. The van der Waals surface area contributed by atoms with Crippen molar-refractivity contribution in [2.45, 2.75) is 25.3 Å². The lowest BCUT2D eigenvalue weighted by Crippen LogP contribution is -2.28. The van der Waals surface area contributed by atoms with Crippen molar-refractivity contribution in [2.75, 3.05) is 13.2 Å². The Morgan fingerprint density at radius 2 is 1.95 bits per heavy atom. The van der Waals surface area contributed by atoms with E-state index in [9.17, 15) is 0 Å². The van der Waals surface area contributed by atoms with Gasteiger partial charge in [0.05, 0.1) is 6.61 Å². The molecule has 0 bridgehead atoms. The molecule has 0 radical (unpaired) electrons. The maximum absolute atomic E-state index is 5.73. The first kappa shape index (κ1) is 14.6. The highest BCUT2D eigenvalue weighted by molar-refractivity contribution is 9.10. The van der Waals surface area contributed by atoms with E-state index in [0.717, 1.165) is 29.8 Å². The van der Waals surface area contributed by atoms with Crippen LogP contribution < -0.4 is 10.1 Å². The number of halogens is 1. The predicted octanol–water partition coefficient (Wildman–Crippen LogP) is 4.67. The first-order valence-corrected chi connectivity index (χ1v) is 8.24. The van der Waals surface area contributed by atoms with Gasteiger partial charge in [-0.3, -0.25) is 0 Å². The molecule has 0 fully saturated rings. The zero-order valence-corrected chi connectivity index (χ0v) is 13.8. The molecule has 1 aliphatic heterocycles. The van der Waals surface area contributed by atoms with Crippen LogP contribution >= 0.6 is 15.9 Å². The first-order valence-electron chi connectivity index (χ1n) is 7.44. The normalized spacial score (nSPS) is 18.7. The Morgan fingerprint density at radius 3 is 2.76 bits per heavy atom. The molecule has 1 N–H and O–H groups in total. The van der Waals surface area contributed by atoms with Gasteiger partial charge < -0.3 is 10.1 Å². The number of para-hydroxylation sites is 1. The first-order chi connectivity index (χ1) is 10.2. The molecule has 1 heterocycles. The Labute approximate surface area is 134 Å². The Morgan fingerprint density at radius 1 is 1.19 bits per heavy atom. The standard InChI is InChI=1S/C18H20BrNO/c1-13(14-6-8-16(19)9-7-14)20-12-15-10-11-21-18-5-3-2-4-17(15)18/h2-9,13,15,20H,10-12H2,1H3/t13-,15?/m1/s1. The highest BCUT2D eigenvalue weighted by atomic mass is 79.9. The minimum Gasteiger partial charge on any atom is -0.493 e. The molecule has 3 rings (SSSR count). The van der Waals surface area contributed by atoms with E-state index in [1.165, 1.54) is 11.1 Å². The molecule has 2 aromatic rings. The zero-order valence-electron chi connectivity index (χ0n) is 12.2. The van der Waals surface area contributed by atoms with Gasteiger partial charge >= 0.3 is 0 Å². The molecule has 3 heteroatoms. The maximum atomic E-state index is 5.73. The zero-order chi connectivity index (χ0) is 14.7. The number of hydrogen-bond donors (Lipinski definition) is 1. The summed E-state index contributed by atoms with van der Waals surface area (Å²) in [6.45, 7) is 4.02. The van der Waals surface area contributed by atoms with Crippen LogP contribution in [0, 0.1) is 0 Å². The fraction of sp³-hybridized carbons (Fsp3) is 0.333. The molecule has 0 saturated heterocycles. The Balaban J connectivity index is 1.64. The molecule has 2 aromatic carbocycles. The SMILES string of the molecule is C[C@@H](NCC1CCOc2ccccc21)c1ccc(Br)cc1. The van der Waals surface area contributed by atoms with Crippen molar-refractivity contribution in [3.8, 4) is 5.75 Å². The van der Waals surface area contributed by atoms with Gasteiger partial charge in [-0.2, -0.15) is 0 Å². The van der Waals surface area contributed by atoms with Crippen LogP contribution in [0.25, 0.3) is 0 Å². The largest absolute Gasteiger partial charge is 0.493 e. The minimum atomic E-state index is 0.355. The summed E-state index contributed by atoms with van der Waals surface area (Å²) in [4.78, 5) is 0. The molecule has 0 spiro atoms. The summed E-state index contributed by atoms with van der Waals surface area (Å²) in [6.07, 6.45) is 1.08. The third kappa shape index (κ3) is 3.47. The van der Waals surface area contributed by atoms with Crippen molar-refractivity contribution in [3.05, 3.63) is 64.1 Å². The molecule has 21 heavy (non-hydrogen) atoms. The molecule has 1 unspecified atom stereocenters. The van der Waals surface area contributed by atoms with Gasteiger partial charge in [0, 0.05) is 23.0 Å². The van der Waals surface area contributed by atoms with Gasteiger partial charge in [-0.1, -0.05) is 46.3 Å². The average Bonchev–Trinajstić information content (AvgIpc) is 2.53. The van der Waals surface area contributed by atoms with Crippen molar-refractivity contribution in [2.24, 2.45) is 0 Å². The van der Waals surface area contributed by atoms with E-state index in [2.05, 4.69) is 70.6 Å². The monoisotopic (exact) mass is 345 g/mol. The Bertz CT molecular complexity index is 596. The highest BCUT2D eigenvalue weighted by Crippen LogP contribution is 2.33. The second kappa shape index (κ2) is 6.63. The van der Waals surface area contributed by atoms with Gasteiger partial charge in [0.2, 0.25) is 0 Å². The third-order valence-electron chi connectivity index (χ3n) is 4.12. The van der Waals surface area contributed by atoms with Crippen LogP contribution in [0.15, 0.2) is 53.0 Å². The molecular weight excluding hydrogens is 326 g/mol. The van der Waals surface area contributed by atoms with Crippen molar-refractivity contribution in [1.29, 1.82) is 0 Å².